The van der Waals surface area contributed by atoms with Gasteiger partial charge in [0.1, 0.15) is 5.58 Å². The molecular weight excluding hydrogens is 406 g/mol. The maximum Gasteiger partial charge on any atom is 0.232 e. The zero-order valence-corrected chi connectivity index (χ0v) is 16.1. The second-order valence-electron chi connectivity index (χ2n) is 5.60. The molecule has 0 fully saturated rings. The highest BCUT2D eigenvalue weighted by atomic mass is 79.9. The van der Waals surface area contributed by atoms with E-state index in [2.05, 4.69) is 15.9 Å². The molecule has 0 saturated carbocycles. The normalized spacial score (nSPS) is 11.6. The number of hydrogen-bond donors (Lipinski definition) is 0. The van der Waals surface area contributed by atoms with Crippen molar-refractivity contribution in [2.24, 2.45) is 0 Å². The van der Waals surface area contributed by atoms with Gasteiger partial charge >= 0.3 is 0 Å². The Morgan fingerprint density at radius 2 is 1.80 bits per heavy atom. The zero-order valence-electron chi connectivity index (χ0n) is 13.7. The Kier molecular flexibility index (Phi) is 4.71. The first-order chi connectivity index (χ1) is 11.8. The number of nitrogens with zero attached hydrogens (tertiary/aromatic N) is 1. The van der Waals surface area contributed by atoms with E-state index in [0.717, 1.165) is 16.1 Å². The average Bonchev–Trinajstić information content (AvgIpc) is 2.97. The highest BCUT2D eigenvalue weighted by Crippen LogP contribution is 2.25. The quantitative estimate of drug-likeness (QED) is 0.578. The van der Waals surface area contributed by atoms with Crippen LogP contribution in [-0.2, 0) is 10.0 Å². The van der Waals surface area contributed by atoms with E-state index in [4.69, 9.17) is 4.42 Å². The maximum atomic E-state index is 12.6. The summed E-state index contributed by atoms with van der Waals surface area (Å²) in [6, 6.07) is 13.7. The Bertz CT molecular complexity index is 1040. The lowest BCUT2D eigenvalue weighted by molar-refractivity contribution is 0.101. The molecule has 0 atom stereocenters. The largest absolute Gasteiger partial charge is 0.453 e. The van der Waals surface area contributed by atoms with Crippen molar-refractivity contribution in [1.82, 2.24) is 0 Å². The minimum Gasteiger partial charge on any atom is -0.453 e. The predicted octanol–water partition coefficient (Wildman–Crippen LogP) is 4.21. The molecule has 0 amide bonds. The molecule has 3 aromatic rings. The monoisotopic (exact) mass is 421 g/mol. The van der Waals surface area contributed by atoms with E-state index in [1.807, 2.05) is 12.1 Å². The molecule has 0 radical (unpaired) electrons. The van der Waals surface area contributed by atoms with Gasteiger partial charge in [-0.25, -0.2) is 8.42 Å². The SMILES string of the molecule is CCN(c1ccc(C(=O)c2cc3cc(Br)ccc3o2)cc1)S(C)(=O)=O. The van der Waals surface area contributed by atoms with Crippen LogP contribution in [0.1, 0.15) is 23.0 Å². The van der Waals surface area contributed by atoms with E-state index in [9.17, 15) is 13.2 Å². The second kappa shape index (κ2) is 6.65. The lowest BCUT2D eigenvalue weighted by atomic mass is 10.1. The summed E-state index contributed by atoms with van der Waals surface area (Å²) in [4.78, 5) is 12.6. The van der Waals surface area contributed by atoms with E-state index in [1.54, 1.807) is 43.3 Å². The smallest absolute Gasteiger partial charge is 0.232 e. The molecule has 3 rings (SSSR count). The molecule has 0 N–H and O–H groups in total. The summed E-state index contributed by atoms with van der Waals surface area (Å²) in [5.41, 5.74) is 1.60. The third-order valence-electron chi connectivity index (χ3n) is 3.81. The van der Waals surface area contributed by atoms with Gasteiger partial charge in [-0.1, -0.05) is 15.9 Å². The Labute approximate surface area is 154 Å². The first-order valence-electron chi connectivity index (χ1n) is 7.61. The van der Waals surface area contributed by atoms with Crippen molar-refractivity contribution in [2.45, 2.75) is 6.92 Å². The fourth-order valence-corrected chi connectivity index (χ4v) is 4.01. The number of anilines is 1. The zero-order chi connectivity index (χ0) is 18.2. The minimum atomic E-state index is -3.35. The lowest BCUT2D eigenvalue weighted by Gasteiger charge is -2.20. The molecule has 1 heterocycles. The first kappa shape index (κ1) is 17.7. The molecular formula is C18H16BrNO4S. The van der Waals surface area contributed by atoms with Crippen LogP contribution in [-0.4, -0.2) is 27.0 Å². The van der Waals surface area contributed by atoms with E-state index in [-0.39, 0.29) is 11.5 Å². The molecule has 1 aromatic heterocycles. The average molecular weight is 422 g/mol. The van der Waals surface area contributed by atoms with Crippen LogP contribution in [0.2, 0.25) is 0 Å². The van der Waals surface area contributed by atoms with Gasteiger partial charge in [0.2, 0.25) is 15.8 Å². The number of sulfonamides is 1. The fourth-order valence-electron chi connectivity index (χ4n) is 2.66. The van der Waals surface area contributed by atoms with Crippen molar-refractivity contribution in [2.75, 3.05) is 17.1 Å². The number of hydrogen-bond acceptors (Lipinski definition) is 4. The lowest BCUT2D eigenvalue weighted by Crippen LogP contribution is -2.29. The highest BCUT2D eigenvalue weighted by Gasteiger charge is 2.18. The van der Waals surface area contributed by atoms with Crippen molar-refractivity contribution in [3.05, 3.63) is 64.3 Å². The van der Waals surface area contributed by atoms with Gasteiger partial charge in [0, 0.05) is 22.0 Å². The Balaban J connectivity index is 1.92. The third kappa shape index (κ3) is 3.62. The molecule has 7 heteroatoms. The molecule has 0 saturated heterocycles. The Morgan fingerprint density at radius 3 is 2.40 bits per heavy atom. The van der Waals surface area contributed by atoms with Gasteiger partial charge in [-0.15, -0.1) is 0 Å². The summed E-state index contributed by atoms with van der Waals surface area (Å²) in [7, 11) is -3.35. The molecule has 0 aliphatic carbocycles. The van der Waals surface area contributed by atoms with Gasteiger partial charge in [-0.2, -0.15) is 0 Å². The van der Waals surface area contributed by atoms with Crippen LogP contribution < -0.4 is 4.31 Å². The predicted molar refractivity (Wildman–Crippen MR) is 102 cm³/mol. The second-order valence-corrected chi connectivity index (χ2v) is 8.42. The standard InChI is InChI=1S/C18H16BrNO4S/c1-3-20(25(2,22)23)15-7-4-12(5-8-15)18(21)17-11-13-10-14(19)6-9-16(13)24-17/h4-11H,3H2,1-2H3. The van der Waals surface area contributed by atoms with Crippen molar-refractivity contribution in [3.8, 4) is 0 Å². The number of carbonyl (C=O) groups is 1. The fraction of sp³-hybridized carbons (Fsp3) is 0.167. The highest BCUT2D eigenvalue weighted by molar-refractivity contribution is 9.10. The molecule has 0 spiro atoms. The Morgan fingerprint density at radius 1 is 1.12 bits per heavy atom. The van der Waals surface area contributed by atoms with Crippen LogP contribution in [0.5, 0.6) is 0 Å². The van der Waals surface area contributed by atoms with Crippen molar-refractivity contribution in [1.29, 1.82) is 0 Å². The van der Waals surface area contributed by atoms with Crippen LogP contribution in [0.25, 0.3) is 11.0 Å². The summed E-state index contributed by atoms with van der Waals surface area (Å²) in [5.74, 6) is -0.00223. The van der Waals surface area contributed by atoms with E-state index in [1.165, 1.54) is 4.31 Å². The van der Waals surface area contributed by atoms with Crippen LogP contribution >= 0.6 is 15.9 Å². The summed E-state index contributed by atoms with van der Waals surface area (Å²) < 4.78 is 31.3. The summed E-state index contributed by atoms with van der Waals surface area (Å²) in [5, 5.41) is 0.837. The molecule has 2 aromatic carbocycles. The first-order valence-corrected chi connectivity index (χ1v) is 10.3. The minimum absolute atomic E-state index is 0.247. The molecule has 25 heavy (non-hydrogen) atoms. The van der Waals surface area contributed by atoms with E-state index < -0.39 is 10.0 Å². The molecule has 0 aliphatic rings. The molecule has 5 nitrogen and oxygen atoms in total. The molecule has 130 valence electrons. The van der Waals surface area contributed by atoms with Gasteiger partial charge in [-0.05, 0) is 55.5 Å². The summed E-state index contributed by atoms with van der Waals surface area (Å²) >= 11 is 3.39. The van der Waals surface area contributed by atoms with E-state index in [0.29, 0.717) is 23.4 Å². The van der Waals surface area contributed by atoms with Crippen molar-refractivity contribution in [3.63, 3.8) is 0 Å². The van der Waals surface area contributed by atoms with Gasteiger partial charge in [0.25, 0.3) is 0 Å². The topological polar surface area (TPSA) is 67.6 Å². The van der Waals surface area contributed by atoms with Crippen LogP contribution in [0.15, 0.2) is 57.4 Å². The van der Waals surface area contributed by atoms with Crippen LogP contribution in [0.4, 0.5) is 5.69 Å². The summed E-state index contributed by atoms with van der Waals surface area (Å²) in [6.07, 6.45) is 1.15. The van der Waals surface area contributed by atoms with Crippen molar-refractivity contribution < 1.29 is 17.6 Å². The van der Waals surface area contributed by atoms with Gasteiger partial charge in [0.15, 0.2) is 5.76 Å². The molecule has 0 aliphatic heterocycles. The number of rotatable bonds is 5. The maximum absolute atomic E-state index is 12.6. The number of ketones is 1. The number of halogens is 1. The van der Waals surface area contributed by atoms with E-state index >= 15 is 0 Å². The van der Waals surface area contributed by atoms with Crippen LogP contribution in [0, 0.1) is 0 Å². The van der Waals surface area contributed by atoms with Gasteiger partial charge in [-0.3, -0.25) is 9.10 Å². The molecule has 0 unspecified atom stereocenters. The van der Waals surface area contributed by atoms with Crippen LogP contribution in [0.3, 0.4) is 0 Å². The third-order valence-corrected chi connectivity index (χ3v) is 5.57. The van der Waals surface area contributed by atoms with Gasteiger partial charge in [0.05, 0.1) is 11.9 Å². The number of benzene rings is 2. The van der Waals surface area contributed by atoms with Crippen molar-refractivity contribution >= 4 is 48.4 Å². The number of fused-ring (bicyclic) bond motifs is 1. The van der Waals surface area contributed by atoms with Gasteiger partial charge < -0.3 is 4.42 Å². The number of carbonyl (C=O) groups excluding carboxylic acids is 1. The Hall–Kier alpha value is -2.12. The summed E-state index contributed by atoms with van der Waals surface area (Å²) in [6.45, 7) is 2.08. The number of furan rings is 1. The molecule has 0 bridgehead atoms.